The van der Waals surface area contributed by atoms with E-state index in [1.807, 2.05) is 13.8 Å². The molecule has 0 spiro atoms. The molecule has 1 atom stereocenters. The fourth-order valence-electron chi connectivity index (χ4n) is 3.54. The van der Waals surface area contributed by atoms with Gasteiger partial charge in [-0.3, -0.25) is 4.98 Å². The molecular weight excluding hydrogens is 368 g/mol. The second-order valence-electron chi connectivity index (χ2n) is 7.70. The van der Waals surface area contributed by atoms with Crippen LogP contribution in [-0.4, -0.2) is 48.5 Å². The van der Waals surface area contributed by atoms with E-state index in [1.54, 1.807) is 41.6 Å². The van der Waals surface area contributed by atoms with Crippen LogP contribution in [0.4, 0.5) is 11.5 Å². The lowest BCUT2D eigenvalue weighted by Crippen LogP contribution is -2.33. The van der Waals surface area contributed by atoms with E-state index in [1.165, 1.54) is 0 Å². The molecule has 0 amide bonds. The summed E-state index contributed by atoms with van der Waals surface area (Å²) >= 11 is 0. The Kier molecular flexibility index (Phi) is 4.64. The number of nitriles is 1. The first-order valence-corrected chi connectivity index (χ1v) is 9.37. The zero-order chi connectivity index (χ0) is 20.6. The lowest BCUT2D eigenvalue weighted by atomic mass is 9.90. The minimum atomic E-state index is -0.748. The number of rotatable bonds is 4. The molecular formula is C20H22N8O. The second-order valence-corrected chi connectivity index (χ2v) is 7.70. The van der Waals surface area contributed by atoms with Crippen molar-refractivity contribution >= 4 is 11.5 Å². The highest BCUT2D eigenvalue weighted by atomic mass is 16.3. The van der Waals surface area contributed by atoms with Gasteiger partial charge in [0.15, 0.2) is 5.82 Å². The van der Waals surface area contributed by atoms with E-state index in [0.717, 1.165) is 13.0 Å². The molecule has 1 aliphatic heterocycles. The maximum Gasteiger partial charge on any atom is 0.156 e. The van der Waals surface area contributed by atoms with E-state index in [2.05, 4.69) is 26.0 Å². The summed E-state index contributed by atoms with van der Waals surface area (Å²) in [5.74, 6) is 1.33. The molecule has 1 saturated heterocycles. The summed E-state index contributed by atoms with van der Waals surface area (Å²) in [5, 5.41) is 24.1. The van der Waals surface area contributed by atoms with Gasteiger partial charge in [-0.05, 0) is 26.3 Å². The Labute approximate surface area is 168 Å². The highest BCUT2D eigenvalue weighted by Gasteiger charge is 2.34. The predicted octanol–water partition coefficient (Wildman–Crippen LogP) is 1.78. The number of anilines is 2. The molecule has 148 valence electrons. The van der Waals surface area contributed by atoms with E-state index in [4.69, 9.17) is 10.7 Å². The number of hydrogen-bond donors (Lipinski definition) is 2. The molecule has 3 aromatic heterocycles. The lowest BCUT2D eigenvalue weighted by Gasteiger charge is -2.25. The maximum absolute atomic E-state index is 10.3. The van der Waals surface area contributed by atoms with E-state index < -0.39 is 5.60 Å². The Hall–Kier alpha value is -3.51. The van der Waals surface area contributed by atoms with Crippen molar-refractivity contribution in [1.29, 1.82) is 5.26 Å². The topological polar surface area (TPSA) is 130 Å². The number of aliphatic hydroxyl groups is 1. The van der Waals surface area contributed by atoms with Crippen LogP contribution >= 0.6 is 0 Å². The van der Waals surface area contributed by atoms with Gasteiger partial charge in [-0.25, -0.2) is 14.6 Å². The van der Waals surface area contributed by atoms with Crippen LogP contribution < -0.4 is 10.6 Å². The third-order valence-corrected chi connectivity index (χ3v) is 5.26. The Balaban J connectivity index is 1.73. The summed E-state index contributed by atoms with van der Waals surface area (Å²) in [6.45, 7) is 5.13. The highest BCUT2D eigenvalue weighted by molar-refractivity contribution is 5.73. The van der Waals surface area contributed by atoms with Crippen molar-refractivity contribution in [1.82, 2.24) is 24.7 Å². The molecule has 4 heterocycles. The normalized spacial score (nSPS) is 16.8. The van der Waals surface area contributed by atoms with E-state index in [9.17, 15) is 10.4 Å². The molecule has 29 heavy (non-hydrogen) atoms. The van der Waals surface area contributed by atoms with Gasteiger partial charge in [0.05, 0.1) is 23.7 Å². The average Bonchev–Trinajstić information content (AvgIpc) is 3.39. The van der Waals surface area contributed by atoms with Crippen molar-refractivity contribution in [2.45, 2.75) is 25.9 Å². The maximum atomic E-state index is 10.3. The van der Waals surface area contributed by atoms with E-state index in [-0.39, 0.29) is 11.5 Å². The molecule has 1 unspecified atom stereocenters. The summed E-state index contributed by atoms with van der Waals surface area (Å²) in [6.07, 6.45) is 7.52. The number of hydrogen-bond acceptors (Lipinski definition) is 8. The summed E-state index contributed by atoms with van der Waals surface area (Å²) in [4.78, 5) is 15.7. The van der Waals surface area contributed by atoms with Crippen LogP contribution in [0.5, 0.6) is 0 Å². The number of aromatic nitrogens is 5. The fourth-order valence-corrected chi connectivity index (χ4v) is 3.54. The molecule has 1 fully saturated rings. The van der Waals surface area contributed by atoms with Gasteiger partial charge < -0.3 is 15.7 Å². The average molecular weight is 390 g/mol. The third-order valence-electron chi connectivity index (χ3n) is 5.26. The fraction of sp³-hybridized carbons (Fsp3) is 0.350. The monoisotopic (exact) mass is 390 g/mol. The minimum absolute atomic E-state index is 0.152. The molecule has 0 bridgehead atoms. The van der Waals surface area contributed by atoms with Gasteiger partial charge in [-0.2, -0.15) is 10.4 Å². The Morgan fingerprint density at radius 1 is 1.28 bits per heavy atom. The predicted molar refractivity (Wildman–Crippen MR) is 108 cm³/mol. The highest BCUT2D eigenvalue weighted by Crippen LogP contribution is 2.31. The molecule has 4 rings (SSSR count). The zero-order valence-electron chi connectivity index (χ0n) is 16.3. The molecule has 1 aliphatic rings. The standard InChI is InChI=1S/C20H22N8O/c1-20(2,29)13-4-7-27(12-13)18-11-23-10-16(25-18)19-14(9-21)15(22)8-17(26-19)28-6-3-5-24-28/h3,5-6,8,10-11,13,29H,4,7,12H2,1-2H3,(H2,22,26). The smallest absolute Gasteiger partial charge is 0.156 e. The van der Waals surface area contributed by atoms with Gasteiger partial charge in [-0.1, -0.05) is 0 Å². The largest absolute Gasteiger partial charge is 0.397 e. The van der Waals surface area contributed by atoms with Crippen LogP contribution in [0.2, 0.25) is 0 Å². The van der Waals surface area contributed by atoms with Crippen molar-refractivity contribution in [2.75, 3.05) is 23.7 Å². The van der Waals surface area contributed by atoms with E-state index >= 15 is 0 Å². The van der Waals surface area contributed by atoms with Crippen LogP contribution in [0.1, 0.15) is 25.8 Å². The molecule has 3 aromatic rings. The van der Waals surface area contributed by atoms with Crippen LogP contribution in [-0.2, 0) is 0 Å². The van der Waals surface area contributed by atoms with Gasteiger partial charge in [0, 0.05) is 37.5 Å². The van der Waals surface area contributed by atoms with Crippen molar-refractivity contribution in [2.24, 2.45) is 5.92 Å². The molecule has 0 saturated carbocycles. The minimum Gasteiger partial charge on any atom is -0.397 e. The Bertz CT molecular complexity index is 1070. The Morgan fingerprint density at radius 3 is 2.76 bits per heavy atom. The van der Waals surface area contributed by atoms with Crippen LogP contribution in [0.15, 0.2) is 36.9 Å². The zero-order valence-corrected chi connectivity index (χ0v) is 16.3. The van der Waals surface area contributed by atoms with Gasteiger partial charge in [-0.15, -0.1) is 0 Å². The summed E-state index contributed by atoms with van der Waals surface area (Å²) in [7, 11) is 0. The first-order chi connectivity index (χ1) is 13.9. The molecule has 9 nitrogen and oxygen atoms in total. The third kappa shape index (κ3) is 3.62. The molecule has 0 aliphatic carbocycles. The van der Waals surface area contributed by atoms with Gasteiger partial charge in [0.2, 0.25) is 0 Å². The van der Waals surface area contributed by atoms with Gasteiger partial charge in [0.1, 0.15) is 28.8 Å². The van der Waals surface area contributed by atoms with E-state index in [0.29, 0.717) is 35.3 Å². The molecule has 0 radical (unpaired) electrons. The number of nitrogen functional groups attached to an aromatic ring is 1. The lowest BCUT2D eigenvalue weighted by molar-refractivity contribution is 0.0263. The van der Waals surface area contributed by atoms with Crippen molar-refractivity contribution in [3.63, 3.8) is 0 Å². The van der Waals surface area contributed by atoms with Crippen LogP contribution in [0, 0.1) is 17.2 Å². The molecule has 9 heteroatoms. The summed E-state index contributed by atoms with van der Waals surface area (Å²) in [5.41, 5.74) is 6.75. The summed E-state index contributed by atoms with van der Waals surface area (Å²) in [6, 6.07) is 5.51. The number of nitrogens with two attached hydrogens (primary N) is 1. The van der Waals surface area contributed by atoms with Crippen molar-refractivity contribution < 1.29 is 5.11 Å². The molecule has 0 aromatic carbocycles. The van der Waals surface area contributed by atoms with Crippen molar-refractivity contribution in [3.8, 4) is 23.3 Å². The van der Waals surface area contributed by atoms with Gasteiger partial charge in [0.25, 0.3) is 0 Å². The van der Waals surface area contributed by atoms with Gasteiger partial charge >= 0.3 is 0 Å². The van der Waals surface area contributed by atoms with Crippen LogP contribution in [0.3, 0.4) is 0 Å². The SMILES string of the molecule is CC(C)(O)C1CCN(c2cncc(-c3nc(-n4cccn4)cc(N)c3C#N)n2)C1. The summed E-state index contributed by atoms with van der Waals surface area (Å²) < 4.78 is 1.58. The quantitative estimate of drug-likeness (QED) is 0.689. The molecule has 3 N–H and O–H groups in total. The second kappa shape index (κ2) is 7.14. The van der Waals surface area contributed by atoms with Crippen LogP contribution in [0.25, 0.3) is 17.2 Å². The number of pyridine rings is 1. The first kappa shape index (κ1) is 18.8. The number of nitrogens with zero attached hydrogens (tertiary/aromatic N) is 7. The Morgan fingerprint density at radius 2 is 2.10 bits per heavy atom. The first-order valence-electron chi connectivity index (χ1n) is 9.37. The van der Waals surface area contributed by atoms with Crippen molar-refractivity contribution in [3.05, 3.63) is 42.5 Å².